The standard InChI is InChI=1S/C24H23N3O6/c1-31-20-10-5-17(6-11-20)23(29)27-22-13-19(25-14-33-15-28)9-12-21(22)16-3-7-18(8-4-16)26-24(30)32-2/h3-13,15,25H,14H2,1-2H3,(H,26,30)(H,27,29). The highest BCUT2D eigenvalue weighted by Crippen LogP contribution is 2.32. The number of rotatable bonds is 9. The van der Waals surface area contributed by atoms with E-state index in [-0.39, 0.29) is 12.6 Å². The van der Waals surface area contributed by atoms with E-state index in [0.29, 0.717) is 34.8 Å². The van der Waals surface area contributed by atoms with Crippen molar-refractivity contribution in [2.75, 3.05) is 36.9 Å². The maximum atomic E-state index is 12.9. The van der Waals surface area contributed by atoms with Gasteiger partial charge in [-0.25, -0.2) is 4.79 Å². The Balaban J connectivity index is 1.89. The Bertz CT molecular complexity index is 1110. The Morgan fingerprint density at radius 1 is 0.879 bits per heavy atom. The Hall–Kier alpha value is -4.53. The quantitative estimate of drug-likeness (QED) is 0.253. The van der Waals surface area contributed by atoms with Crippen molar-refractivity contribution in [1.29, 1.82) is 0 Å². The molecule has 3 aromatic rings. The molecule has 0 saturated carbocycles. The second-order valence-corrected chi connectivity index (χ2v) is 6.72. The summed E-state index contributed by atoms with van der Waals surface area (Å²) in [5.41, 5.74) is 3.78. The molecule has 0 atom stereocenters. The molecule has 2 amide bonds. The first-order chi connectivity index (χ1) is 16.0. The van der Waals surface area contributed by atoms with Crippen molar-refractivity contribution in [2.45, 2.75) is 0 Å². The van der Waals surface area contributed by atoms with Crippen LogP contribution in [0.25, 0.3) is 11.1 Å². The van der Waals surface area contributed by atoms with Gasteiger partial charge in [0, 0.05) is 22.5 Å². The van der Waals surface area contributed by atoms with E-state index in [9.17, 15) is 14.4 Å². The fourth-order valence-electron chi connectivity index (χ4n) is 3.01. The number of hydrogen-bond donors (Lipinski definition) is 3. The number of amides is 2. The second kappa shape index (κ2) is 11.2. The molecule has 0 unspecified atom stereocenters. The molecule has 3 aromatic carbocycles. The maximum absolute atomic E-state index is 12.9. The molecule has 0 radical (unpaired) electrons. The molecular weight excluding hydrogens is 426 g/mol. The van der Waals surface area contributed by atoms with Crippen molar-refractivity contribution in [3.05, 3.63) is 72.3 Å². The third kappa shape index (κ3) is 6.23. The minimum absolute atomic E-state index is 0.0113. The van der Waals surface area contributed by atoms with Crippen LogP contribution in [0, 0.1) is 0 Å². The van der Waals surface area contributed by atoms with E-state index >= 15 is 0 Å². The molecule has 0 fully saturated rings. The maximum Gasteiger partial charge on any atom is 0.411 e. The molecule has 0 aliphatic carbocycles. The largest absolute Gasteiger partial charge is 0.497 e. The molecule has 33 heavy (non-hydrogen) atoms. The summed E-state index contributed by atoms with van der Waals surface area (Å²) < 4.78 is 14.4. The van der Waals surface area contributed by atoms with Crippen LogP contribution in [0.3, 0.4) is 0 Å². The highest BCUT2D eigenvalue weighted by atomic mass is 16.5. The van der Waals surface area contributed by atoms with Gasteiger partial charge in [-0.15, -0.1) is 0 Å². The first kappa shape index (κ1) is 23.1. The van der Waals surface area contributed by atoms with Crippen molar-refractivity contribution >= 4 is 35.5 Å². The van der Waals surface area contributed by atoms with Gasteiger partial charge in [0.25, 0.3) is 12.4 Å². The summed E-state index contributed by atoms with van der Waals surface area (Å²) in [5.74, 6) is 0.346. The monoisotopic (exact) mass is 449 g/mol. The molecule has 0 bridgehead atoms. The normalized spacial score (nSPS) is 10.0. The summed E-state index contributed by atoms with van der Waals surface area (Å²) in [4.78, 5) is 34.7. The lowest BCUT2D eigenvalue weighted by atomic mass is 10.0. The van der Waals surface area contributed by atoms with Gasteiger partial charge in [-0.05, 0) is 54.1 Å². The van der Waals surface area contributed by atoms with Gasteiger partial charge in [-0.3, -0.25) is 14.9 Å². The number of carbonyl (C=O) groups excluding carboxylic acids is 3. The summed E-state index contributed by atoms with van der Waals surface area (Å²) in [6.45, 7) is 0.334. The number of nitrogens with one attached hydrogen (secondary N) is 3. The van der Waals surface area contributed by atoms with Gasteiger partial charge in [0.1, 0.15) is 5.75 Å². The van der Waals surface area contributed by atoms with E-state index in [1.807, 2.05) is 18.2 Å². The first-order valence-corrected chi connectivity index (χ1v) is 9.88. The molecule has 170 valence electrons. The van der Waals surface area contributed by atoms with Gasteiger partial charge in [-0.1, -0.05) is 18.2 Å². The van der Waals surface area contributed by atoms with E-state index in [1.165, 1.54) is 7.11 Å². The summed E-state index contributed by atoms with van der Waals surface area (Å²) in [7, 11) is 2.84. The van der Waals surface area contributed by atoms with E-state index in [4.69, 9.17) is 4.74 Å². The fourth-order valence-corrected chi connectivity index (χ4v) is 3.01. The van der Waals surface area contributed by atoms with Crippen LogP contribution in [0.2, 0.25) is 0 Å². The van der Waals surface area contributed by atoms with Gasteiger partial charge in [0.2, 0.25) is 0 Å². The van der Waals surface area contributed by atoms with Crippen LogP contribution < -0.4 is 20.7 Å². The fraction of sp³-hybridized carbons (Fsp3) is 0.125. The molecule has 3 N–H and O–H groups in total. The lowest BCUT2D eigenvalue weighted by Crippen LogP contribution is -2.13. The third-order valence-corrected chi connectivity index (χ3v) is 4.68. The Morgan fingerprint density at radius 2 is 1.58 bits per heavy atom. The van der Waals surface area contributed by atoms with Gasteiger partial charge in [0.15, 0.2) is 6.73 Å². The zero-order valence-corrected chi connectivity index (χ0v) is 18.1. The predicted molar refractivity (Wildman–Crippen MR) is 124 cm³/mol. The van der Waals surface area contributed by atoms with Crippen molar-refractivity contribution in [3.63, 3.8) is 0 Å². The number of methoxy groups -OCH3 is 2. The molecule has 0 aromatic heterocycles. The summed E-state index contributed by atoms with van der Waals surface area (Å²) in [6.07, 6.45) is -0.567. The van der Waals surface area contributed by atoms with Crippen LogP contribution in [0.5, 0.6) is 5.75 Å². The van der Waals surface area contributed by atoms with Gasteiger partial charge in [0.05, 0.1) is 19.9 Å². The lowest BCUT2D eigenvalue weighted by Gasteiger charge is -2.15. The Kier molecular flexibility index (Phi) is 7.85. The van der Waals surface area contributed by atoms with Gasteiger partial charge < -0.3 is 24.8 Å². The predicted octanol–water partition coefficient (Wildman–Crippen LogP) is 4.34. The molecule has 0 aliphatic rings. The van der Waals surface area contributed by atoms with Crippen molar-refractivity contribution in [3.8, 4) is 16.9 Å². The number of anilines is 3. The zero-order chi connectivity index (χ0) is 23.6. The van der Waals surface area contributed by atoms with Crippen LogP contribution in [0.1, 0.15) is 10.4 Å². The zero-order valence-electron chi connectivity index (χ0n) is 18.1. The topological polar surface area (TPSA) is 115 Å². The molecule has 9 heteroatoms. The highest BCUT2D eigenvalue weighted by Gasteiger charge is 2.13. The van der Waals surface area contributed by atoms with Crippen molar-refractivity contribution in [2.24, 2.45) is 0 Å². The Labute approximate surface area is 190 Å². The van der Waals surface area contributed by atoms with Crippen molar-refractivity contribution in [1.82, 2.24) is 0 Å². The molecule has 0 aliphatic heterocycles. The molecule has 9 nitrogen and oxygen atoms in total. The molecular formula is C24H23N3O6. The van der Waals surface area contributed by atoms with Crippen LogP contribution in [0.15, 0.2) is 66.7 Å². The van der Waals surface area contributed by atoms with Crippen LogP contribution >= 0.6 is 0 Å². The molecule has 0 saturated heterocycles. The summed E-state index contributed by atoms with van der Waals surface area (Å²) in [5, 5.41) is 8.47. The van der Waals surface area contributed by atoms with Crippen LogP contribution in [-0.4, -0.2) is 39.4 Å². The SMILES string of the molecule is COC(=O)Nc1ccc(-c2ccc(NCOC=O)cc2NC(=O)c2ccc(OC)cc2)cc1. The van der Waals surface area contributed by atoms with E-state index in [0.717, 1.165) is 11.1 Å². The van der Waals surface area contributed by atoms with Crippen LogP contribution in [0.4, 0.5) is 21.9 Å². The second-order valence-electron chi connectivity index (χ2n) is 6.72. The number of benzene rings is 3. The molecule has 0 spiro atoms. The van der Waals surface area contributed by atoms with E-state index in [1.54, 1.807) is 55.6 Å². The van der Waals surface area contributed by atoms with Gasteiger partial charge >= 0.3 is 6.09 Å². The number of carbonyl (C=O) groups is 3. The smallest absolute Gasteiger partial charge is 0.411 e. The third-order valence-electron chi connectivity index (χ3n) is 4.68. The first-order valence-electron chi connectivity index (χ1n) is 9.88. The summed E-state index contributed by atoms with van der Waals surface area (Å²) in [6, 6.07) is 19.2. The minimum atomic E-state index is -0.567. The Morgan fingerprint density at radius 3 is 2.21 bits per heavy atom. The average molecular weight is 449 g/mol. The summed E-state index contributed by atoms with van der Waals surface area (Å²) >= 11 is 0. The lowest BCUT2D eigenvalue weighted by molar-refractivity contribution is -0.127. The number of hydrogen-bond acceptors (Lipinski definition) is 7. The van der Waals surface area contributed by atoms with Gasteiger partial charge in [-0.2, -0.15) is 0 Å². The highest BCUT2D eigenvalue weighted by molar-refractivity contribution is 6.06. The molecule has 3 rings (SSSR count). The van der Waals surface area contributed by atoms with E-state index in [2.05, 4.69) is 25.4 Å². The number of ether oxygens (including phenoxy) is 3. The average Bonchev–Trinajstić information content (AvgIpc) is 2.85. The minimum Gasteiger partial charge on any atom is -0.497 e. The molecule has 0 heterocycles. The van der Waals surface area contributed by atoms with Crippen molar-refractivity contribution < 1.29 is 28.6 Å². The van der Waals surface area contributed by atoms with E-state index < -0.39 is 6.09 Å². The van der Waals surface area contributed by atoms with Crippen LogP contribution in [-0.2, 0) is 14.3 Å².